The van der Waals surface area contributed by atoms with E-state index >= 15 is 0 Å². The molecular formula is C19H28O2. The molecule has 21 heavy (non-hydrogen) atoms. The third-order valence-corrected chi connectivity index (χ3v) is 4.88. The van der Waals surface area contributed by atoms with Crippen LogP contribution in [-0.4, -0.2) is 12.1 Å². The minimum absolute atomic E-state index is 0.0778. The van der Waals surface area contributed by atoms with Crippen LogP contribution in [0.15, 0.2) is 30.3 Å². The monoisotopic (exact) mass is 288 g/mol. The van der Waals surface area contributed by atoms with E-state index in [2.05, 4.69) is 20.8 Å². The fraction of sp³-hybridized carbons (Fsp3) is 0.632. The van der Waals surface area contributed by atoms with Gasteiger partial charge in [0.2, 0.25) is 0 Å². The molecule has 0 amide bonds. The highest BCUT2D eigenvalue weighted by Gasteiger charge is 2.34. The van der Waals surface area contributed by atoms with Gasteiger partial charge in [-0.1, -0.05) is 57.5 Å². The summed E-state index contributed by atoms with van der Waals surface area (Å²) in [5, 5.41) is 0. The molecule has 0 spiro atoms. The van der Waals surface area contributed by atoms with Gasteiger partial charge in [-0.25, -0.2) is 0 Å². The normalized spacial score (nSPS) is 27.4. The molecule has 1 aromatic carbocycles. The number of ether oxygens (including phenoxy) is 1. The summed E-state index contributed by atoms with van der Waals surface area (Å²) in [6, 6.07) is 9.90. The topological polar surface area (TPSA) is 26.3 Å². The minimum atomic E-state index is -0.184. The summed E-state index contributed by atoms with van der Waals surface area (Å²) in [4.78, 5) is 12.5. The second-order valence-corrected chi connectivity index (χ2v) is 6.93. The minimum Gasteiger partial charge on any atom is -0.462 e. The molecule has 0 bridgehead atoms. The quantitative estimate of drug-likeness (QED) is 0.744. The zero-order chi connectivity index (χ0) is 15.4. The van der Waals surface area contributed by atoms with Gasteiger partial charge in [0.1, 0.15) is 6.10 Å². The van der Waals surface area contributed by atoms with Crippen molar-refractivity contribution in [2.75, 3.05) is 0 Å². The molecule has 2 nitrogen and oxygen atoms in total. The van der Waals surface area contributed by atoms with Crippen LogP contribution in [0, 0.1) is 17.8 Å². The lowest BCUT2D eigenvalue weighted by molar-refractivity contribution is -0.157. The largest absolute Gasteiger partial charge is 0.462 e. The number of hydrogen-bond donors (Lipinski definition) is 0. The fourth-order valence-electron chi connectivity index (χ4n) is 3.38. The molecule has 0 saturated heterocycles. The molecule has 1 aromatic rings. The molecule has 1 aliphatic carbocycles. The van der Waals surface area contributed by atoms with Gasteiger partial charge in [0, 0.05) is 0 Å². The van der Waals surface area contributed by atoms with E-state index in [1.807, 2.05) is 37.3 Å². The SMILES string of the molecule is CC(C)[C@@H]1CC[C@H](C)C[C@H]1OC(=O)[C@@H](C)c1ccccc1. The van der Waals surface area contributed by atoms with Crippen LogP contribution < -0.4 is 0 Å². The highest BCUT2D eigenvalue weighted by Crippen LogP contribution is 2.36. The summed E-state index contributed by atoms with van der Waals surface area (Å²) < 4.78 is 5.91. The van der Waals surface area contributed by atoms with E-state index in [1.54, 1.807) is 0 Å². The smallest absolute Gasteiger partial charge is 0.313 e. The number of benzene rings is 1. The maximum atomic E-state index is 12.5. The second kappa shape index (κ2) is 7.11. The van der Waals surface area contributed by atoms with Gasteiger partial charge in [-0.05, 0) is 43.1 Å². The van der Waals surface area contributed by atoms with Gasteiger partial charge in [0.15, 0.2) is 0 Å². The van der Waals surface area contributed by atoms with E-state index in [0.717, 1.165) is 12.0 Å². The number of carbonyl (C=O) groups excluding carboxylic acids is 1. The van der Waals surface area contributed by atoms with Crippen LogP contribution in [0.1, 0.15) is 58.4 Å². The van der Waals surface area contributed by atoms with E-state index in [4.69, 9.17) is 4.74 Å². The molecule has 1 saturated carbocycles. The van der Waals surface area contributed by atoms with E-state index < -0.39 is 0 Å². The Hall–Kier alpha value is -1.31. The predicted molar refractivity (Wildman–Crippen MR) is 86.1 cm³/mol. The predicted octanol–water partition coefficient (Wildman–Crippen LogP) is 4.79. The Bertz CT molecular complexity index is 452. The average Bonchev–Trinajstić information content (AvgIpc) is 2.47. The zero-order valence-corrected chi connectivity index (χ0v) is 13.7. The van der Waals surface area contributed by atoms with E-state index in [-0.39, 0.29) is 18.0 Å². The molecule has 2 heteroatoms. The van der Waals surface area contributed by atoms with Crippen molar-refractivity contribution in [3.8, 4) is 0 Å². The molecule has 1 fully saturated rings. The second-order valence-electron chi connectivity index (χ2n) is 6.93. The van der Waals surface area contributed by atoms with Crippen LogP contribution in [0.4, 0.5) is 0 Å². The molecule has 0 unspecified atom stereocenters. The molecule has 0 radical (unpaired) electrons. The molecule has 2 rings (SSSR count). The van der Waals surface area contributed by atoms with Gasteiger partial charge in [-0.15, -0.1) is 0 Å². The Morgan fingerprint density at radius 3 is 2.43 bits per heavy atom. The molecule has 116 valence electrons. The third-order valence-electron chi connectivity index (χ3n) is 4.88. The lowest BCUT2D eigenvalue weighted by Gasteiger charge is -2.37. The Morgan fingerprint density at radius 2 is 1.81 bits per heavy atom. The number of hydrogen-bond acceptors (Lipinski definition) is 2. The van der Waals surface area contributed by atoms with E-state index in [1.165, 1.54) is 12.8 Å². The van der Waals surface area contributed by atoms with Gasteiger partial charge in [-0.3, -0.25) is 4.79 Å². The Labute approximate surface area is 128 Å². The standard InChI is InChI=1S/C19H28O2/c1-13(2)17-11-10-14(3)12-18(17)21-19(20)15(4)16-8-6-5-7-9-16/h5-9,13-15,17-18H,10-12H2,1-4H3/t14-,15-,17-,18+/m0/s1. The summed E-state index contributed by atoms with van der Waals surface area (Å²) in [5.74, 6) is 1.47. The van der Waals surface area contributed by atoms with Gasteiger partial charge < -0.3 is 4.74 Å². The van der Waals surface area contributed by atoms with Crippen LogP contribution >= 0.6 is 0 Å². The van der Waals surface area contributed by atoms with Crippen molar-refractivity contribution in [2.24, 2.45) is 17.8 Å². The molecule has 4 atom stereocenters. The van der Waals surface area contributed by atoms with Crippen molar-refractivity contribution < 1.29 is 9.53 Å². The first-order valence-electron chi connectivity index (χ1n) is 8.24. The van der Waals surface area contributed by atoms with Crippen molar-refractivity contribution in [1.82, 2.24) is 0 Å². The summed E-state index contributed by atoms with van der Waals surface area (Å²) in [6.07, 6.45) is 3.53. The first kappa shape index (κ1) is 16.1. The first-order chi connectivity index (χ1) is 9.99. The molecule has 1 aliphatic rings. The van der Waals surface area contributed by atoms with Crippen LogP contribution in [0.2, 0.25) is 0 Å². The van der Waals surface area contributed by atoms with Gasteiger partial charge >= 0.3 is 5.97 Å². The number of carbonyl (C=O) groups is 1. The maximum Gasteiger partial charge on any atom is 0.313 e. The van der Waals surface area contributed by atoms with Crippen molar-refractivity contribution in [3.63, 3.8) is 0 Å². The Morgan fingerprint density at radius 1 is 1.14 bits per heavy atom. The Balaban J connectivity index is 2.02. The fourth-order valence-corrected chi connectivity index (χ4v) is 3.38. The third kappa shape index (κ3) is 4.09. The molecular weight excluding hydrogens is 260 g/mol. The van der Waals surface area contributed by atoms with Gasteiger partial charge in [-0.2, -0.15) is 0 Å². The highest BCUT2D eigenvalue weighted by atomic mass is 16.5. The highest BCUT2D eigenvalue weighted by molar-refractivity contribution is 5.77. The lowest BCUT2D eigenvalue weighted by Crippen LogP contribution is -2.36. The summed E-state index contributed by atoms with van der Waals surface area (Å²) in [7, 11) is 0. The Kier molecular flexibility index (Phi) is 5.44. The number of rotatable bonds is 4. The van der Waals surface area contributed by atoms with Crippen molar-refractivity contribution in [1.29, 1.82) is 0 Å². The van der Waals surface area contributed by atoms with E-state index in [0.29, 0.717) is 17.8 Å². The van der Waals surface area contributed by atoms with Crippen LogP contribution in [0.5, 0.6) is 0 Å². The summed E-state index contributed by atoms with van der Waals surface area (Å²) in [6.45, 7) is 8.68. The first-order valence-corrected chi connectivity index (χ1v) is 8.24. The summed E-state index contributed by atoms with van der Waals surface area (Å²) >= 11 is 0. The van der Waals surface area contributed by atoms with Crippen LogP contribution in [0.3, 0.4) is 0 Å². The molecule has 0 heterocycles. The zero-order valence-electron chi connectivity index (χ0n) is 13.7. The molecule has 0 aromatic heterocycles. The molecule has 0 N–H and O–H groups in total. The van der Waals surface area contributed by atoms with Gasteiger partial charge in [0.05, 0.1) is 5.92 Å². The lowest BCUT2D eigenvalue weighted by atomic mass is 9.75. The van der Waals surface area contributed by atoms with Crippen LogP contribution in [0.25, 0.3) is 0 Å². The maximum absolute atomic E-state index is 12.5. The van der Waals surface area contributed by atoms with Crippen molar-refractivity contribution >= 4 is 5.97 Å². The van der Waals surface area contributed by atoms with Crippen LogP contribution in [-0.2, 0) is 9.53 Å². The van der Waals surface area contributed by atoms with E-state index in [9.17, 15) is 4.79 Å². The van der Waals surface area contributed by atoms with Gasteiger partial charge in [0.25, 0.3) is 0 Å². The average molecular weight is 288 g/mol. The number of esters is 1. The summed E-state index contributed by atoms with van der Waals surface area (Å²) in [5.41, 5.74) is 1.03. The van der Waals surface area contributed by atoms with Crippen molar-refractivity contribution in [2.45, 2.75) is 59.0 Å². The van der Waals surface area contributed by atoms with Crippen molar-refractivity contribution in [3.05, 3.63) is 35.9 Å². The molecule has 0 aliphatic heterocycles.